The Morgan fingerprint density at radius 1 is 1.42 bits per heavy atom. The molecule has 5 nitrogen and oxygen atoms in total. The standard InChI is InChI=1S/C6H12N2O3Si/c1-4-9-5(7(2)10-5)6(12)8(3)11-6/h4H,1H2,2-3,12H3. The summed E-state index contributed by atoms with van der Waals surface area (Å²) in [6.07, 6.45) is 1.37. The van der Waals surface area contributed by atoms with E-state index < -0.39 is 5.91 Å². The van der Waals surface area contributed by atoms with Crippen molar-refractivity contribution >= 4 is 10.2 Å². The Balaban J connectivity index is 2.15. The molecule has 0 aromatic carbocycles. The first-order chi connectivity index (χ1) is 5.57. The van der Waals surface area contributed by atoms with E-state index >= 15 is 0 Å². The highest BCUT2D eigenvalue weighted by Crippen LogP contribution is 2.52. The maximum absolute atomic E-state index is 5.31. The maximum atomic E-state index is 5.31. The molecule has 0 amide bonds. The van der Waals surface area contributed by atoms with E-state index in [1.165, 1.54) is 6.26 Å². The molecule has 2 aliphatic rings. The van der Waals surface area contributed by atoms with Crippen LogP contribution in [0.15, 0.2) is 12.8 Å². The minimum atomic E-state index is -0.740. The summed E-state index contributed by atoms with van der Waals surface area (Å²) >= 11 is 0. The summed E-state index contributed by atoms with van der Waals surface area (Å²) in [6, 6.07) is 0. The Labute approximate surface area is 73.8 Å². The second-order valence-electron chi connectivity index (χ2n) is 3.03. The van der Waals surface area contributed by atoms with Crippen molar-refractivity contribution in [3.8, 4) is 0 Å². The molecule has 2 heterocycles. The van der Waals surface area contributed by atoms with Crippen LogP contribution in [-0.2, 0) is 14.4 Å². The van der Waals surface area contributed by atoms with Gasteiger partial charge in [0.25, 0.3) is 0 Å². The fourth-order valence-corrected chi connectivity index (χ4v) is 2.16. The molecule has 0 aliphatic carbocycles. The van der Waals surface area contributed by atoms with Crippen molar-refractivity contribution in [3.63, 3.8) is 0 Å². The van der Waals surface area contributed by atoms with Crippen LogP contribution in [0.25, 0.3) is 0 Å². The molecule has 0 spiro atoms. The summed E-state index contributed by atoms with van der Waals surface area (Å²) in [5.41, 5.74) is 0. The Bertz CT molecular complexity index is 239. The van der Waals surface area contributed by atoms with E-state index in [0.717, 1.165) is 10.2 Å². The molecule has 2 fully saturated rings. The van der Waals surface area contributed by atoms with Crippen LogP contribution in [0, 0.1) is 0 Å². The predicted molar refractivity (Wildman–Crippen MR) is 44.4 cm³/mol. The molecule has 6 heteroatoms. The molecule has 68 valence electrons. The van der Waals surface area contributed by atoms with E-state index in [0.29, 0.717) is 0 Å². The van der Waals surface area contributed by atoms with Crippen LogP contribution in [0.1, 0.15) is 0 Å². The van der Waals surface area contributed by atoms with Crippen LogP contribution in [-0.4, -0.2) is 45.7 Å². The van der Waals surface area contributed by atoms with E-state index in [9.17, 15) is 0 Å². The molecule has 12 heavy (non-hydrogen) atoms. The van der Waals surface area contributed by atoms with Crippen LogP contribution in [0.2, 0.25) is 0 Å². The Hall–Kier alpha value is -0.403. The molecule has 0 aromatic heterocycles. The van der Waals surface area contributed by atoms with Crippen molar-refractivity contribution in [3.05, 3.63) is 12.8 Å². The van der Waals surface area contributed by atoms with Crippen molar-refractivity contribution in [2.45, 2.75) is 11.3 Å². The topological polar surface area (TPSA) is 40.3 Å². The third kappa shape index (κ3) is 0.758. The number of likely N-dealkylation sites (N-methyl/N-ethyl adjacent to an activating group) is 2. The second kappa shape index (κ2) is 2.09. The third-order valence-corrected chi connectivity index (χ3v) is 3.80. The number of hydrogen-bond donors (Lipinski definition) is 0. The predicted octanol–water partition coefficient (Wildman–Crippen LogP) is -1.43. The summed E-state index contributed by atoms with van der Waals surface area (Å²) in [4.78, 5) is 10.6. The monoisotopic (exact) mass is 188 g/mol. The molecular formula is C6H12N2O3Si. The van der Waals surface area contributed by atoms with Crippen molar-refractivity contribution in [1.29, 1.82) is 0 Å². The maximum Gasteiger partial charge on any atom is 0.354 e. The Kier molecular flexibility index (Phi) is 1.43. The average molecular weight is 188 g/mol. The molecular weight excluding hydrogens is 176 g/mol. The first kappa shape index (κ1) is 8.21. The zero-order valence-corrected chi connectivity index (χ0v) is 9.40. The zero-order chi connectivity index (χ0) is 8.98. The van der Waals surface area contributed by atoms with Gasteiger partial charge in [-0.2, -0.15) is 5.06 Å². The first-order valence-corrected chi connectivity index (χ1v) is 4.71. The van der Waals surface area contributed by atoms with Crippen LogP contribution >= 0.6 is 0 Å². The smallest absolute Gasteiger partial charge is 0.354 e. The van der Waals surface area contributed by atoms with Gasteiger partial charge in [-0.1, -0.05) is 6.58 Å². The minimum Gasteiger partial charge on any atom is -0.451 e. The number of hydrogen-bond acceptors (Lipinski definition) is 5. The Morgan fingerprint density at radius 3 is 2.17 bits per heavy atom. The summed E-state index contributed by atoms with van der Waals surface area (Å²) in [6.45, 7) is 3.50. The number of hydroxylamine groups is 4. The SMILES string of the molecule is C=COC1(C2([SiH3])ON2C)ON1C. The third-order valence-electron chi connectivity index (χ3n) is 2.36. The van der Waals surface area contributed by atoms with Crippen molar-refractivity contribution in [2.75, 3.05) is 14.1 Å². The van der Waals surface area contributed by atoms with Gasteiger partial charge in [-0.25, -0.2) is 4.84 Å². The quantitative estimate of drug-likeness (QED) is 0.309. The molecule has 2 aliphatic heterocycles. The van der Waals surface area contributed by atoms with Crippen LogP contribution in [0.5, 0.6) is 0 Å². The van der Waals surface area contributed by atoms with Crippen molar-refractivity contribution in [2.24, 2.45) is 0 Å². The van der Waals surface area contributed by atoms with Gasteiger partial charge < -0.3 is 4.74 Å². The highest BCUT2D eigenvalue weighted by molar-refractivity contribution is 6.16. The van der Waals surface area contributed by atoms with Gasteiger partial charge in [-0.3, -0.25) is 4.84 Å². The lowest BCUT2D eigenvalue weighted by molar-refractivity contribution is -0.0208. The van der Waals surface area contributed by atoms with Crippen LogP contribution in [0.4, 0.5) is 0 Å². The van der Waals surface area contributed by atoms with Gasteiger partial charge in [0, 0.05) is 14.1 Å². The lowest BCUT2D eigenvalue weighted by Crippen LogP contribution is -2.41. The average Bonchev–Trinajstić information content (AvgIpc) is 2.79. The fraction of sp³-hybridized carbons (Fsp3) is 0.667. The van der Waals surface area contributed by atoms with E-state index in [1.807, 2.05) is 7.05 Å². The molecule has 0 N–H and O–H groups in total. The Morgan fingerprint density at radius 2 is 1.92 bits per heavy atom. The number of rotatable bonds is 3. The van der Waals surface area contributed by atoms with Crippen LogP contribution in [0.3, 0.4) is 0 Å². The number of ether oxygens (including phenoxy) is 1. The van der Waals surface area contributed by atoms with Gasteiger partial charge in [-0.15, -0.1) is 5.06 Å². The summed E-state index contributed by atoms with van der Waals surface area (Å²) in [5.74, 6) is -0.740. The molecule has 2 rings (SSSR count). The molecule has 0 saturated carbocycles. The van der Waals surface area contributed by atoms with Gasteiger partial charge in [-0.05, 0) is 0 Å². The van der Waals surface area contributed by atoms with E-state index in [1.54, 1.807) is 17.2 Å². The van der Waals surface area contributed by atoms with Crippen LogP contribution < -0.4 is 0 Å². The number of nitrogens with zero attached hydrogens (tertiary/aromatic N) is 2. The lowest BCUT2D eigenvalue weighted by Gasteiger charge is -2.13. The second-order valence-corrected chi connectivity index (χ2v) is 4.38. The van der Waals surface area contributed by atoms with Gasteiger partial charge in [0.2, 0.25) is 5.35 Å². The van der Waals surface area contributed by atoms with Gasteiger partial charge in [0.05, 0.1) is 16.5 Å². The van der Waals surface area contributed by atoms with Gasteiger partial charge in [0.15, 0.2) is 0 Å². The molecule has 4 atom stereocenters. The first-order valence-electron chi connectivity index (χ1n) is 3.71. The van der Waals surface area contributed by atoms with Gasteiger partial charge >= 0.3 is 5.91 Å². The van der Waals surface area contributed by atoms with Crippen molar-refractivity contribution < 1.29 is 14.4 Å². The summed E-state index contributed by atoms with van der Waals surface area (Å²) in [5, 5.41) is 2.99. The highest BCUT2D eigenvalue weighted by Gasteiger charge is 2.78. The van der Waals surface area contributed by atoms with E-state index in [4.69, 9.17) is 14.4 Å². The largest absolute Gasteiger partial charge is 0.451 e. The van der Waals surface area contributed by atoms with Gasteiger partial charge in [0.1, 0.15) is 0 Å². The molecule has 0 radical (unpaired) electrons. The lowest BCUT2D eigenvalue weighted by atomic mass is 10.4. The molecule has 2 saturated heterocycles. The summed E-state index contributed by atoms with van der Waals surface area (Å²) < 4.78 is 5.29. The molecule has 0 aromatic rings. The normalized spacial score (nSPS) is 56.5. The fourth-order valence-electron chi connectivity index (χ4n) is 1.36. The molecule has 4 unspecified atom stereocenters. The van der Waals surface area contributed by atoms with E-state index in [-0.39, 0.29) is 5.35 Å². The zero-order valence-electron chi connectivity index (χ0n) is 7.40. The van der Waals surface area contributed by atoms with Crippen molar-refractivity contribution in [1.82, 2.24) is 10.1 Å². The minimum absolute atomic E-state index is 0.379. The summed E-state index contributed by atoms with van der Waals surface area (Å²) in [7, 11) is 4.47. The van der Waals surface area contributed by atoms with E-state index in [2.05, 4.69) is 6.58 Å². The highest BCUT2D eigenvalue weighted by atomic mass is 28.1. The molecule has 0 bridgehead atoms.